The third-order valence-electron chi connectivity index (χ3n) is 4.53. The highest BCUT2D eigenvalue weighted by molar-refractivity contribution is 5.42. The molecule has 1 saturated carbocycles. The SMILES string of the molecule is NNc1ncccc1CN1CCC2CCCCC21. The molecule has 1 aromatic rings. The second-order valence-electron chi connectivity index (χ2n) is 5.53. The van der Waals surface area contributed by atoms with E-state index in [0.717, 1.165) is 24.3 Å². The molecule has 0 radical (unpaired) electrons. The van der Waals surface area contributed by atoms with Crippen molar-refractivity contribution < 1.29 is 0 Å². The number of fused-ring (bicyclic) bond motifs is 1. The number of rotatable bonds is 3. The zero-order valence-electron chi connectivity index (χ0n) is 10.8. The van der Waals surface area contributed by atoms with Crippen LogP contribution in [0.2, 0.25) is 0 Å². The van der Waals surface area contributed by atoms with Crippen LogP contribution in [-0.2, 0) is 6.54 Å². The number of hydrogen-bond acceptors (Lipinski definition) is 4. The highest BCUT2D eigenvalue weighted by Crippen LogP contribution is 2.37. The maximum atomic E-state index is 5.53. The van der Waals surface area contributed by atoms with Crippen molar-refractivity contribution in [3.05, 3.63) is 23.9 Å². The van der Waals surface area contributed by atoms with Crippen LogP contribution in [0.4, 0.5) is 5.82 Å². The van der Waals surface area contributed by atoms with E-state index >= 15 is 0 Å². The fourth-order valence-electron chi connectivity index (χ4n) is 3.61. The van der Waals surface area contributed by atoms with E-state index in [1.165, 1.54) is 44.2 Å². The molecule has 3 N–H and O–H groups in total. The minimum atomic E-state index is 0.796. The van der Waals surface area contributed by atoms with Crippen LogP contribution in [0.25, 0.3) is 0 Å². The summed E-state index contributed by atoms with van der Waals surface area (Å²) < 4.78 is 0. The Hall–Kier alpha value is -1.13. The van der Waals surface area contributed by atoms with Crippen LogP contribution < -0.4 is 11.3 Å². The number of aromatic nitrogens is 1. The predicted octanol–water partition coefficient (Wildman–Crippen LogP) is 2.13. The van der Waals surface area contributed by atoms with Gasteiger partial charge in [-0.1, -0.05) is 18.9 Å². The van der Waals surface area contributed by atoms with Crippen LogP contribution in [0.3, 0.4) is 0 Å². The number of nitrogens with two attached hydrogens (primary N) is 1. The quantitative estimate of drug-likeness (QED) is 0.633. The molecule has 2 unspecified atom stereocenters. The van der Waals surface area contributed by atoms with Crippen molar-refractivity contribution in [3.63, 3.8) is 0 Å². The van der Waals surface area contributed by atoms with Gasteiger partial charge in [-0.2, -0.15) is 0 Å². The number of nitrogens with one attached hydrogen (secondary N) is 1. The minimum absolute atomic E-state index is 0.796. The molecule has 0 bridgehead atoms. The fraction of sp³-hybridized carbons (Fsp3) is 0.643. The third kappa shape index (κ3) is 2.22. The molecule has 1 aromatic heterocycles. The lowest BCUT2D eigenvalue weighted by Crippen LogP contribution is -2.34. The van der Waals surface area contributed by atoms with Crippen molar-refractivity contribution in [2.45, 2.75) is 44.7 Å². The minimum Gasteiger partial charge on any atom is -0.308 e. The van der Waals surface area contributed by atoms with E-state index in [0.29, 0.717) is 0 Å². The summed E-state index contributed by atoms with van der Waals surface area (Å²) in [5.74, 6) is 7.28. The molecule has 1 aliphatic heterocycles. The lowest BCUT2D eigenvalue weighted by atomic mass is 9.85. The van der Waals surface area contributed by atoms with Gasteiger partial charge in [0.05, 0.1) is 0 Å². The van der Waals surface area contributed by atoms with Crippen LogP contribution in [0, 0.1) is 5.92 Å². The zero-order valence-corrected chi connectivity index (χ0v) is 10.8. The van der Waals surface area contributed by atoms with Crippen molar-refractivity contribution in [1.82, 2.24) is 9.88 Å². The van der Waals surface area contributed by atoms with Gasteiger partial charge in [-0.25, -0.2) is 10.8 Å². The normalized spacial score (nSPS) is 28.1. The Kier molecular flexibility index (Phi) is 3.48. The molecule has 0 spiro atoms. The molecule has 2 aliphatic rings. The number of anilines is 1. The van der Waals surface area contributed by atoms with Gasteiger partial charge in [0.25, 0.3) is 0 Å². The molecule has 3 rings (SSSR count). The smallest absolute Gasteiger partial charge is 0.144 e. The fourth-order valence-corrected chi connectivity index (χ4v) is 3.61. The first-order chi connectivity index (χ1) is 8.88. The van der Waals surface area contributed by atoms with Gasteiger partial charge in [0.2, 0.25) is 0 Å². The first-order valence-electron chi connectivity index (χ1n) is 7.03. The molecule has 0 aromatic carbocycles. The molecular formula is C14H22N4. The summed E-state index contributed by atoms with van der Waals surface area (Å²) >= 11 is 0. The van der Waals surface area contributed by atoms with E-state index in [-0.39, 0.29) is 0 Å². The Morgan fingerprint density at radius 1 is 1.33 bits per heavy atom. The number of nitrogen functional groups attached to an aromatic ring is 1. The number of likely N-dealkylation sites (tertiary alicyclic amines) is 1. The zero-order chi connectivity index (χ0) is 12.4. The second-order valence-corrected chi connectivity index (χ2v) is 5.53. The molecule has 0 amide bonds. The second kappa shape index (κ2) is 5.24. The molecule has 1 saturated heterocycles. The number of hydrogen-bond donors (Lipinski definition) is 2. The molecule has 4 heteroatoms. The van der Waals surface area contributed by atoms with E-state index in [1.807, 2.05) is 6.07 Å². The molecule has 98 valence electrons. The van der Waals surface area contributed by atoms with Gasteiger partial charge in [0, 0.05) is 24.3 Å². The molecule has 18 heavy (non-hydrogen) atoms. The van der Waals surface area contributed by atoms with Crippen molar-refractivity contribution in [2.75, 3.05) is 12.0 Å². The summed E-state index contributed by atoms with van der Waals surface area (Å²) in [5.41, 5.74) is 3.92. The van der Waals surface area contributed by atoms with Gasteiger partial charge < -0.3 is 5.43 Å². The van der Waals surface area contributed by atoms with Crippen molar-refractivity contribution in [1.29, 1.82) is 0 Å². The summed E-state index contributed by atoms with van der Waals surface area (Å²) in [5, 5.41) is 0. The summed E-state index contributed by atoms with van der Waals surface area (Å²) in [6.07, 6.45) is 8.78. The Balaban J connectivity index is 1.72. The van der Waals surface area contributed by atoms with Crippen LogP contribution in [0.15, 0.2) is 18.3 Å². The van der Waals surface area contributed by atoms with Crippen molar-refractivity contribution in [2.24, 2.45) is 11.8 Å². The molecule has 2 heterocycles. The standard InChI is InChI=1S/C14H22N4/c15-17-14-12(5-3-8-16-14)10-18-9-7-11-4-1-2-6-13(11)18/h3,5,8,11,13H,1-2,4,6-7,9-10,15H2,(H,16,17). The molecule has 4 nitrogen and oxygen atoms in total. The number of pyridine rings is 1. The summed E-state index contributed by atoms with van der Waals surface area (Å²) in [4.78, 5) is 6.91. The number of nitrogens with zero attached hydrogens (tertiary/aromatic N) is 2. The lowest BCUT2D eigenvalue weighted by Gasteiger charge is -2.31. The maximum absolute atomic E-state index is 5.53. The topological polar surface area (TPSA) is 54.2 Å². The summed E-state index contributed by atoms with van der Waals surface area (Å²) in [7, 11) is 0. The van der Waals surface area contributed by atoms with E-state index in [2.05, 4.69) is 21.4 Å². The average molecular weight is 246 g/mol. The van der Waals surface area contributed by atoms with Crippen LogP contribution >= 0.6 is 0 Å². The van der Waals surface area contributed by atoms with Crippen molar-refractivity contribution >= 4 is 5.82 Å². The first-order valence-corrected chi connectivity index (χ1v) is 7.03. The largest absolute Gasteiger partial charge is 0.308 e. The monoisotopic (exact) mass is 246 g/mol. The number of hydrazine groups is 1. The van der Waals surface area contributed by atoms with Gasteiger partial charge in [0.15, 0.2) is 0 Å². The highest BCUT2D eigenvalue weighted by atomic mass is 15.3. The molecule has 1 aliphatic carbocycles. The van der Waals surface area contributed by atoms with Gasteiger partial charge in [0.1, 0.15) is 5.82 Å². The third-order valence-corrected chi connectivity index (χ3v) is 4.53. The van der Waals surface area contributed by atoms with E-state index in [1.54, 1.807) is 6.20 Å². The summed E-state index contributed by atoms with van der Waals surface area (Å²) in [6.45, 7) is 2.21. The molecular weight excluding hydrogens is 224 g/mol. The first kappa shape index (κ1) is 11.9. The van der Waals surface area contributed by atoms with Crippen LogP contribution in [0.5, 0.6) is 0 Å². The lowest BCUT2D eigenvalue weighted by molar-refractivity contribution is 0.176. The van der Waals surface area contributed by atoms with Crippen LogP contribution in [0.1, 0.15) is 37.7 Å². The van der Waals surface area contributed by atoms with Gasteiger partial charge in [-0.3, -0.25) is 4.90 Å². The average Bonchev–Trinajstić information content (AvgIpc) is 2.83. The van der Waals surface area contributed by atoms with E-state index in [4.69, 9.17) is 5.84 Å². The van der Waals surface area contributed by atoms with Gasteiger partial charge in [-0.05, 0) is 37.8 Å². The summed E-state index contributed by atoms with van der Waals surface area (Å²) in [6, 6.07) is 4.91. The van der Waals surface area contributed by atoms with Crippen LogP contribution in [-0.4, -0.2) is 22.5 Å². The van der Waals surface area contributed by atoms with Gasteiger partial charge >= 0.3 is 0 Å². The van der Waals surface area contributed by atoms with Crippen molar-refractivity contribution in [3.8, 4) is 0 Å². The van der Waals surface area contributed by atoms with E-state index < -0.39 is 0 Å². The Morgan fingerprint density at radius 3 is 3.11 bits per heavy atom. The maximum Gasteiger partial charge on any atom is 0.144 e. The molecule has 2 fully saturated rings. The van der Waals surface area contributed by atoms with E-state index in [9.17, 15) is 0 Å². The highest BCUT2D eigenvalue weighted by Gasteiger charge is 2.35. The molecule has 2 atom stereocenters. The Bertz CT molecular complexity index is 407. The Labute approximate surface area is 109 Å². The van der Waals surface area contributed by atoms with Gasteiger partial charge in [-0.15, -0.1) is 0 Å². The predicted molar refractivity (Wildman–Crippen MR) is 72.8 cm³/mol. The Morgan fingerprint density at radius 2 is 2.22 bits per heavy atom.